The topological polar surface area (TPSA) is 68.7 Å². The molecule has 7 nitrogen and oxygen atoms in total. The molecule has 4 rings (SSSR count). The normalized spacial score (nSPS) is 14.5. The quantitative estimate of drug-likeness (QED) is 0.518. The van der Waals surface area contributed by atoms with Gasteiger partial charge in [-0.25, -0.2) is 14.4 Å². The maximum atomic E-state index is 13.5. The van der Waals surface area contributed by atoms with E-state index in [-0.39, 0.29) is 5.02 Å². The summed E-state index contributed by atoms with van der Waals surface area (Å²) in [7, 11) is 1.60. The number of morpholine rings is 1. The zero-order valence-electron chi connectivity index (χ0n) is 17.2. The van der Waals surface area contributed by atoms with Crippen molar-refractivity contribution in [1.82, 2.24) is 14.9 Å². The lowest BCUT2D eigenvalue weighted by atomic mass is 10.2. The molecule has 0 unspecified atom stereocenters. The fraction of sp³-hybridized carbons (Fsp3) is 0.364. The van der Waals surface area contributed by atoms with Crippen LogP contribution in [0.4, 0.5) is 15.9 Å². The summed E-state index contributed by atoms with van der Waals surface area (Å²) in [5, 5.41) is 3.97. The van der Waals surface area contributed by atoms with Gasteiger partial charge in [-0.3, -0.25) is 4.90 Å². The number of rotatable bonds is 8. The first-order valence-electron chi connectivity index (χ1n) is 10.1. The zero-order valence-corrected chi connectivity index (χ0v) is 18.0. The number of methoxy groups -OCH3 is 1. The van der Waals surface area contributed by atoms with Crippen LogP contribution in [0.25, 0.3) is 10.9 Å². The minimum atomic E-state index is -0.475. The van der Waals surface area contributed by atoms with Gasteiger partial charge in [0.15, 0.2) is 11.5 Å². The largest absolute Gasteiger partial charge is 0.493 e. The van der Waals surface area contributed by atoms with E-state index in [0.29, 0.717) is 35.1 Å². The van der Waals surface area contributed by atoms with Crippen LogP contribution in [-0.2, 0) is 4.74 Å². The fourth-order valence-corrected chi connectivity index (χ4v) is 3.66. The minimum absolute atomic E-state index is 0.0364. The van der Waals surface area contributed by atoms with E-state index < -0.39 is 5.82 Å². The number of benzene rings is 2. The second-order valence-electron chi connectivity index (χ2n) is 7.13. The summed E-state index contributed by atoms with van der Waals surface area (Å²) in [5.74, 6) is 1.27. The molecule has 2 heterocycles. The summed E-state index contributed by atoms with van der Waals surface area (Å²) in [6.07, 6.45) is 2.33. The Morgan fingerprint density at radius 1 is 1.19 bits per heavy atom. The molecule has 1 fully saturated rings. The molecule has 1 saturated heterocycles. The van der Waals surface area contributed by atoms with Crippen LogP contribution < -0.4 is 14.8 Å². The van der Waals surface area contributed by atoms with Crippen LogP contribution in [0, 0.1) is 5.82 Å². The highest BCUT2D eigenvalue weighted by molar-refractivity contribution is 6.31. The van der Waals surface area contributed by atoms with Gasteiger partial charge in [-0.15, -0.1) is 0 Å². The second-order valence-corrected chi connectivity index (χ2v) is 7.53. The predicted octanol–water partition coefficient (Wildman–Crippen LogP) is 4.28. The first-order chi connectivity index (χ1) is 15.2. The number of nitrogens with one attached hydrogen (secondary N) is 1. The fourth-order valence-electron chi connectivity index (χ4n) is 3.48. The van der Waals surface area contributed by atoms with Crippen molar-refractivity contribution < 1.29 is 18.6 Å². The van der Waals surface area contributed by atoms with Crippen molar-refractivity contribution in [2.75, 3.05) is 51.9 Å². The molecule has 164 valence electrons. The molecule has 0 bridgehead atoms. The SMILES string of the molecule is COc1ccc2c(Nc3ccc(F)c(Cl)c3)ncnc2c1OCCCN1CCOCC1. The summed E-state index contributed by atoms with van der Waals surface area (Å²) in [6, 6.07) is 8.10. The summed E-state index contributed by atoms with van der Waals surface area (Å²) >= 11 is 5.90. The van der Waals surface area contributed by atoms with Gasteiger partial charge in [-0.2, -0.15) is 0 Å². The predicted molar refractivity (Wildman–Crippen MR) is 118 cm³/mol. The van der Waals surface area contributed by atoms with Crippen molar-refractivity contribution in [3.63, 3.8) is 0 Å². The van der Waals surface area contributed by atoms with Gasteiger partial charge in [0.2, 0.25) is 0 Å². The molecule has 0 aliphatic carbocycles. The molecule has 3 aromatic rings. The van der Waals surface area contributed by atoms with Crippen molar-refractivity contribution in [3.8, 4) is 11.5 Å². The Labute approximate surface area is 185 Å². The van der Waals surface area contributed by atoms with E-state index in [1.165, 1.54) is 18.5 Å². The van der Waals surface area contributed by atoms with Crippen molar-refractivity contribution in [3.05, 3.63) is 47.5 Å². The number of fused-ring (bicyclic) bond motifs is 1. The number of aromatic nitrogens is 2. The van der Waals surface area contributed by atoms with E-state index in [1.54, 1.807) is 13.2 Å². The molecule has 1 aliphatic heterocycles. The molecule has 31 heavy (non-hydrogen) atoms. The van der Waals surface area contributed by atoms with Crippen LogP contribution in [0.2, 0.25) is 5.02 Å². The van der Waals surface area contributed by atoms with Crippen LogP contribution in [-0.4, -0.2) is 61.4 Å². The number of halogens is 2. The third-order valence-corrected chi connectivity index (χ3v) is 5.38. The van der Waals surface area contributed by atoms with Crippen molar-refractivity contribution >= 4 is 34.0 Å². The summed E-state index contributed by atoms with van der Waals surface area (Å²) in [4.78, 5) is 11.1. The monoisotopic (exact) mass is 446 g/mol. The third-order valence-electron chi connectivity index (χ3n) is 5.10. The van der Waals surface area contributed by atoms with Gasteiger partial charge in [-0.1, -0.05) is 11.6 Å². The van der Waals surface area contributed by atoms with Crippen molar-refractivity contribution in [2.45, 2.75) is 6.42 Å². The maximum absolute atomic E-state index is 13.5. The number of hydrogen-bond acceptors (Lipinski definition) is 7. The third kappa shape index (κ3) is 5.15. The molecule has 0 spiro atoms. The lowest BCUT2D eigenvalue weighted by molar-refractivity contribution is 0.0358. The molecule has 0 saturated carbocycles. The minimum Gasteiger partial charge on any atom is -0.493 e. The summed E-state index contributed by atoms with van der Waals surface area (Å²) < 4.78 is 30.4. The Balaban J connectivity index is 1.53. The molecular formula is C22H24ClFN4O3. The van der Waals surface area contributed by atoms with Gasteiger partial charge in [0.1, 0.15) is 23.5 Å². The highest BCUT2D eigenvalue weighted by atomic mass is 35.5. The number of hydrogen-bond donors (Lipinski definition) is 1. The molecular weight excluding hydrogens is 423 g/mol. The van der Waals surface area contributed by atoms with E-state index >= 15 is 0 Å². The second kappa shape index (κ2) is 10.1. The molecule has 1 N–H and O–H groups in total. The Morgan fingerprint density at radius 2 is 2.03 bits per heavy atom. The van der Waals surface area contributed by atoms with Gasteiger partial charge in [0.05, 0.1) is 32.0 Å². The number of ether oxygens (including phenoxy) is 3. The smallest absolute Gasteiger partial charge is 0.187 e. The highest BCUT2D eigenvalue weighted by Crippen LogP contribution is 2.37. The van der Waals surface area contributed by atoms with E-state index in [2.05, 4.69) is 20.2 Å². The van der Waals surface area contributed by atoms with Crippen LogP contribution in [0.1, 0.15) is 6.42 Å². The Hall–Kier alpha value is -2.68. The van der Waals surface area contributed by atoms with E-state index in [0.717, 1.165) is 44.7 Å². The molecule has 0 atom stereocenters. The van der Waals surface area contributed by atoms with Crippen LogP contribution in [0.3, 0.4) is 0 Å². The molecule has 0 radical (unpaired) electrons. The first kappa shape index (κ1) is 21.5. The van der Waals surface area contributed by atoms with E-state index in [1.807, 2.05) is 12.1 Å². The average Bonchev–Trinajstić information content (AvgIpc) is 2.80. The molecule has 2 aromatic carbocycles. The molecule has 0 amide bonds. The standard InChI is InChI=1S/C22H24ClFN4O3/c1-29-19-6-4-16-20(21(19)31-10-2-7-28-8-11-30-12-9-28)25-14-26-22(16)27-15-3-5-18(24)17(23)13-15/h3-6,13-14H,2,7-12H2,1H3,(H,25,26,27). The zero-order chi connectivity index (χ0) is 21.6. The van der Waals surface area contributed by atoms with Crippen molar-refractivity contribution in [2.24, 2.45) is 0 Å². The highest BCUT2D eigenvalue weighted by Gasteiger charge is 2.16. The van der Waals surface area contributed by atoms with Crippen LogP contribution in [0.15, 0.2) is 36.7 Å². The summed E-state index contributed by atoms with van der Waals surface area (Å²) in [6.45, 7) is 4.95. The lowest BCUT2D eigenvalue weighted by Crippen LogP contribution is -2.37. The van der Waals surface area contributed by atoms with Crippen molar-refractivity contribution in [1.29, 1.82) is 0 Å². The Kier molecular flexibility index (Phi) is 7.01. The van der Waals surface area contributed by atoms with Crippen LogP contribution >= 0.6 is 11.6 Å². The van der Waals surface area contributed by atoms with Gasteiger partial charge in [-0.05, 0) is 36.8 Å². The maximum Gasteiger partial charge on any atom is 0.187 e. The molecule has 9 heteroatoms. The Morgan fingerprint density at radius 3 is 2.81 bits per heavy atom. The summed E-state index contributed by atoms with van der Waals surface area (Å²) in [5.41, 5.74) is 1.26. The van der Waals surface area contributed by atoms with Gasteiger partial charge in [0.25, 0.3) is 0 Å². The van der Waals surface area contributed by atoms with Gasteiger partial charge in [0, 0.05) is 30.7 Å². The van der Waals surface area contributed by atoms with E-state index in [4.69, 9.17) is 25.8 Å². The Bertz CT molecular complexity index is 1050. The molecule has 1 aromatic heterocycles. The molecule has 1 aliphatic rings. The number of anilines is 2. The average molecular weight is 447 g/mol. The first-order valence-corrected chi connectivity index (χ1v) is 10.5. The van der Waals surface area contributed by atoms with Gasteiger partial charge < -0.3 is 19.5 Å². The van der Waals surface area contributed by atoms with Gasteiger partial charge >= 0.3 is 0 Å². The number of nitrogens with zero attached hydrogens (tertiary/aromatic N) is 3. The van der Waals surface area contributed by atoms with E-state index in [9.17, 15) is 4.39 Å². The van der Waals surface area contributed by atoms with Crippen LogP contribution in [0.5, 0.6) is 11.5 Å². The lowest BCUT2D eigenvalue weighted by Gasteiger charge is -2.26.